The van der Waals surface area contributed by atoms with E-state index in [-0.39, 0.29) is 12.5 Å². The van der Waals surface area contributed by atoms with Gasteiger partial charge in [0.15, 0.2) is 23.3 Å². The average molecular weight is 414 g/mol. The number of aryl methyl sites for hydroxylation is 1. The van der Waals surface area contributed by atoms with Gasteiger partial charge in [-0.15, -0.1) is 0 Å². The van der Waals surface area contributed by atoms with Crippen molar-refractivity contribution in [1.29, 1.82) is 5.26 Å². The molecule has 1 aliphatic rings. The van der Waals surface area contributed by atoms with Gasteiger partial charge in [0.2, 0.25) is 0 Å². The maximum absolute atomic E-state index is 12.3. The van der Waals surface area contributed by atoms with E-state index in [1.165, 1.54) is 18.9 Å². The molecule has 0 aromatic heterocycles. The fraction of sp³-hybridized carbons (Fsp3) is 0.150. The average Bonchev–Trinajstić information content (AvgIpc) is 3.02. The third-order valence-electron chi connectivity index (χ3n) is 3.81. The molecular weight excluding hydrogens is 398 g/mol. The highest BCUT2D eigenvalue weighted by Gasteiger charge is 2.24. The molecule has 28 heavy (non-hydrogen) atoms. The van der Waals surface area contributed by atoms with Gasteiger partial charge in [-0.05, 0) is 60.2 Å². The number of hydrogen-bond acceptors (Lipinski definition) is 6. The minimum absolute atomic E-state index is 0.0715. The third kappa shape index (κ3) is 4.66. The van der Waals surface area contributed by atoms with Crippen molar-refractivity contribution in [2.75, 3.05) is 13.7 Å². The summed E-state index contributed by atoms with van der Waals surface area (Å²) in [7, 11) is 1.51. The van der Waals surface area contributed by atoms with Crippen LogP contribution in [0.2, 0.25) is 5.02 Å². The molecule has 0 unspecified atom stereocenters. The molecule has 0 saturated carbocycles. The van der Waals surface area contributed by atoms with Crippen LogP contribution in [0.3, 0.4) is 0 Å². The van der Waals surface area contributed by atoms with Gasteiger partial charge in [0.05, 0.1) is 17.7 Å². The molecule has 0 spiro atoms. The first-order chi connectivity index (χ1) is 13.5. The van der Waals surface area contributed by atoms with Crippen molar-refractivity contribution < 1.29 is 14.3 Å². The molecule has 1 fully saturated rings. The van der Waals surface area contributed by atoms with E-state index in [2.05, 4.69) is 10.3 Å². The Morgan fingerprint density at radius 1 is 1.29 bits per heavy atom. The number of nitrogens with zero attached hydrogens (tertiary/aromatic N) is 2. The zero-order valence-corrected chi connectivity index (χ0v) is 16.7. The Kier molecular flexibility index (Phi) is 6.24. The molecule has 3 rings (SSSR count). The molecule has 2 aromatic rings. The summed E-state index contributed by atoms with van der Waals surface area (Å²) >= 11 is 7.36. The number of nitrogens with one attached hydrogen (secondary N) is 1. The summed E-state index contributed by atoms with van der Waals surface area (Å²) in [6.07, 6.45) is 1.74. The van der Waals surface area contributed by atoms with E-state index in [1.54, 1.807) is 30.3 Å². The van der Waals surface area contributed by atoms with Crippen LogP contribution in [0.4, 0.5) is 5.69 Å². The van der Waals surface area contributed by atoms with Gasteiger partial charge < -0.3 is 14.8 Å². The standard InChI is InChI=1S/C20H16ClN3O3S/c1-12-3-5-14(11-15(12)21)23-20-24-19(25)18(28-20)10-13-4-6-16(27-8-7-22)17(9-13)26-2/h3-6,9-11H,8H2,1-2H3,(H,23,24,25)/b18-10-. The van der Waals surface area contributed by atoms with E-state index < -0.39 is 0 Å². The van der Waals surface area contributed by atoms with Crippen molar-refractivity contribution in [2.24, 2.45) is 4.99 Å². The number of halogens is 1. The largest absolute Gasteiger partial charge is 0.493 e. The number of ether oxygens (including phenoxy) is 2. The lowest BCUT2D eigenvalue weighted by Gasteiger charge is -2.08. The predicted octanol–water partition coefficient (Wildman–Crippen LogP) is 4.45. The molecule has 1 aliphatic heterocycles. The second kappa shape index (κ2) is 8.83. The third-order valence-corrected chi connectivity index (χ3v) is 5.13. The topological polar surface area (TPSA) is 83.7 Å². The summed E-state index contributed by atoms with van der Waals surface area (Å²) in [5.41, 5.74) is 2.39. The lowest BCUT2D eigenvalue weighted by molar-refractivity contribution is -0.115. The highest BCUT2D eigenvalue weighted by molar-refractivity contribution is 8.18. The normalized spacial score (nSPS) is 16.1. The predicted molar refractivity (Wildman–Crippen MR) is 111 cm³/mol. The Morgan fingerprint density at radius 3 is 2.82 bits per heavy atom. The van der Waals surface area contributed by atoms with E-state index in [1.807, 2.05) is 25.1 Å². The van der Waals surface area contributed by atoms with Crippen LogP contribution >= 0.6 is 23.4 Å². The number of carbonyl (C=O) groups is 1. The zero-order chi connectivity index (χ0) is 20.1. The van der Waals surface area contributed by atoms with Gasteiger partial charge in [-0.1, -0.05) is 23.7 Å². The number of aliphatic imine (C=N–C) groups is 1. The number of thioether (sulfide) groups is 1. The van der Waals surface area contributed by atoms with Crippen LogP contribution < -0.4 is 14.8 Å². The first-order valence-corrected chi connectivity index (χ1v) is 9.43. The molecular formula is C20H16ClN3O3S. The van der Waals surface area contributed by atoms with Crippen LogP contribution in [0.25, 0.3) is 6.08 Å². The van der Waals surface area contributed by atoms with Gasteiger partial charge in [0.1, 0.15) is 6.07 Å². The van der Waals surface area contributed by atoms with Gasteiger partial charge in [0, 0.05) is 5.02 Å². The first kappa shape index (κ1) is 19.8. The number of methoxy groups -OCH3 is 1. The number of benzene rings is 2. The number of amides is 1. The van der Waals surface area contributed by atoms with E-state index >= 15 is 0 Å². The molecule has 1 amide bonds. The molecule has 0 atom stereocenters. The number of carbonyl (C=O) groups excluding carboxylic acids is 1. The Balaban J connectivity index is 1.81. The number of amidine groups is 1. The second-order valence-electron chi connectivity index (χ2n) is 5.77. The molecule has 0 aliphatic carbocycles. The molecule has 2 aromatic carbocycles. The Hall–Kier alpha value is -2.95. The summed E-state index contributed by atoms with van der Waals surface area (Å²) in [6.45, 7) is 1.84. The fourth-order valence-corrected chi connectivity index (χ4v) is 3.42. The van der Waals surface area contributed by atoms with E-state index in [9.17, 15) is 4.79 Å². The SMILES string of the molecule is COc1cc(/C=C2\SC(=Nc3ccc(C)c(Cl)c3)NC2=O)ccc1OCC#N. The van der Waals surface area contributed by atoms with Crippen molar-refractivity contribution >= 4 is 46.2 Å². The van der Waals surface area contributed by atoms with Crippen LogP contribution in [0.1, 0.15) is 11.1 Å². The maximum Gasteiger partial charge on any atom is 0.264 e. The molecule has 0 bridgehead atoms. The zero-order valence-electron chi connectivity index (χ0n) is 15.2. The molecule has 8 heteroatoms. The molecule has 6 nitrogen and oxygen atoms in total. The smallest absolute Gasteiger partial charge is 0.264 e. The van der Waals surface area contributed by atoms with Crippen molar-refractivity contribution in [3.05, 3.63) is 57.5 Å². The first-order valence-electron chi connectivity index (χ1n) is 8.23. The van der Waals surface area contributed by atoms with E-state index in [0.29, 0.717) is 32.3 Å². The molecule has 1 saturated heterocycles. The van der Waals surface area contributed by atoms with Crippen molar-refractivity contribution in [3.63, 3.8) is 0 Å². The second-order valence-corrected chi connectivity index (χ2v) is 7.21. The van der Waals surface area contributed by atoms with Crippen LogP contribution in [0.5, 0.6) is 11.5 Å². The summed E-state index contributed by atoms with van der Waals surface area (Å²) in [6, 6.07) is 12.6. The Morgan fingerprint density at radius 2 is 2.11 bits per heavy atom. The summed E-state index contributed by atoms with van der Waals surface area (Å²) < 4.78 is 10.6. The molecule has 1 heterocycles. The minimum Gasteiger partial charge on any atom is -0.493 e. The van der Waals surface area contributed by atoms with Gasteiger partial charge in [-0.25, -0.2) is 4.99 Å². The lowest BCUT2D eigenvalue weighted by atomic mass is 10.2. The molecule has 1 N–H and O–H groups in total. The van der Waals surface area contributed by atoms with Crippen molar-refractivity contribution in [2.45, 2.75) is 6.92 Å². The van der Waals surface area contributed by atoms with Crippen molar-refractivity contribution in [3.8, 4) is 17.6 Å². The Labute approximate surface area is 171 Å². The summed E-state index contributed by atoms with van der Waals surface area (Å²) in [5, 5.41) is 12.5. The van der Waals surface area contributed by atoms with E-state index in [4.69, 9.17) is 26.3 Å². The van der Waals surface area contributed by atoms with Crippen LogP contribution in [-0.2, 0) is 4.79 Å². The van der Waals surface area contributed by atoms with Gasteiger partial charge in [-0.3, -0.25) is 4.79 Å². The van der Waals surface area contributed by atoms with E-state index in [0.717, 1.165) is 11.1 Å². The summed E-state index contributed by atoms with van der Waals surface area (Å²) in [4.78, 5) is 17.2. The van der Waals surface area contributed by atoms with Crippen LogP contribution in [0, 0.1) is 18.3 Å². The minimum atomic E-state index is -0.231. The lowest BCUT2D eigenvalue weighted by Crippen LogP contribution is -2.19. The number of rotatable bonds is 5. The highest BCUT2D eigenvalue weighted by atomic mass is 35.5. The fourth-order valence-electron chi connectivity index (χ4n) is 2.40. The Bertz CT molecular complexity index is 1030. The van der Waals surface area contributed by atoms with Gasteiger partial charge >= 0.3 is 0 Å². The number of hydrogen-bond donors (Lipinski definition) is 1. The number of nitriles is 1. The maximum atomic E-state index is 12.3. The van der Waals surface area contributed by atoms with Gasteiger partial charge in [0.25, 0.3) is 5.91 Å². The van der Waals surface area contributed by atoms with Crippen molar-refractivity contribution in [1.82, 2.24) is 5.32 Å². The quantitative estimate of drug-likeness (QED) is 0.732. The molecule has 0 radical (unpaired) electrons. The highest BCUT2D eigenvalue weighted by Crippen LogP contribution is 2.32. The van der Waals surface area contributed by atoms with Gasteiger partial charge in [-0.2, -0.15) is 5.26 Å². The monoisotopic (exact) mass is 413 g/mol. The summed E-state index contributed by atoms with van der Waals surface area (Å²) in [5.74, 6) is 0.718. The van der Waals surface area contributed by atoms with Crippen LogP contribution in [-0.4, -0.2) is 24.8 Å². The molecule has 142 valence electrons. The van der Waals surface area contributed by atoms with Crippen LogP contribution in [0.15, 0.2) is 46.3 Å².